The maximum absolute atomic E-state index is 12.6. The van der Waals surface area contributed by atoms with Crippen LogP contribution in [0.5, 0.6) is 5.75 Å². The van der Waals surface area contributed by atoms with Crippen molar-refractivity contribution >= 4 is 41.1 Å². The van der Waals surface area contributed by atoms with Crippen LogP contribution in [0.1, 0.15) is 17.3 Å². The van der Waals surface area contributed by atoms with E-state index in [1.165, 1.54) is 23.1 Å². The predicted molar refractivity (Wildman–Crippen MR) is 105 cm³/mol. The van der Waals surface area contributed by atoms with E-state index in [4.69, 9.17) is 17.0 Å². The van der Waals surface area contributed by atoms with E-state index in [2.05, 4.69) is 5.10 Å². The van der Waals surface area contributed by atoms with E-state index in [1.807, 2.05) is 37.3 Å². The van der Waals surface area contributed by atoms with Gasteiger partial charge in [-0.25, -0.2) is 4.68 Å². The van der Waals surface area contributed by atoms with Gasteiger partial charge in [-0.1, -0.05) is 41.3 Å². The average Bonchev–Trinajstić information content (AvgIpc) is 3.02. The van der Waals surface area contributed by atoms with E-state index in [-0.39, 0.29) is 11.0 Å². The number of Topliss-reactive ketones (excluding diaryl/α,β-unsaturated/α-hetero) is 1. The predicted octanol–water partition coefficient (Wildman–Crippen LogP) is 5.04. The molecule has 0 saturated heterocycles. The van der Waals surface area contributed by atoms with E-state index in [0.29, 0.717) is 9.52 Å². The minimum Gasteiger partial charge on any atom is -0.497 e. The van der Waals surface area contributed by atoms with Crippen molar-refractivity contribution in [1.29, 1.82) is 0 Å². The fourth-order valence-electron chi connectivity index (χ4n) is 2.24. The molecule has 1 atom stereocenters. The van der Waals surface area contributed by atoms with Crippen molar-refractivity contribution in [3.05, 3.63) is 64.1 Å². The van der Waals surface area contributed by atoms with Gasteiger partial charge in [0.05, 0.1) is 18.0 Å². The summed E-state index contributed by atoms with van der Waals surface area (Å²) < 4.78 is 8.30. The normalized spacial score (nSPS) is 11.9. The van der Waals surface area contributed by atoms with Crippen LogP contribution in [0.15, 0.2) is 58.9 Å². The van der Waals surface area contributed by atoms with Gasteiger partial charge in [-0.15, -0.1) is 5.10 Å². The molecule has 2 aromatic carbocycles. The van der Waals surface area contributed by atoms with Gasteiger partial charge in [-0.2, -0.15) is 0 Å². The molecular weight excluding hydrogens is 372 g/mol. The summed E-state index contributed by atoms with van der Waals surface area (Å²) in [5, 5.41) is 4.29. The molecule has 0 aliphatic rings. The number of ketones is 1. The lowest BCUT2D eigenvalue weighted by molar-refractivity contribution is 0.0994. The Balaban J connectivity index is 1.75. The molecule has 0 amide bonds. The molecule has 0 aliphatic carbocycles. The van der Waals surface area contributed by atoms with Crippen LogP contribution in [-0.4, -0.2) is 27.9 Å². The first-order valence-corrected chi connectivity index (χ1v) is 9.69. The van der Waals surface area contributed by atoms with Crippen molar-refractivity contribution in [2.45, 2.75) is 16.5 Å². The second-order valence-electron chi connectivity index (χ2n) is 5.23. The monoisotopic (exact) mass is 388 g/mol. The zero-order valence-electron chi connectivity index (χ0n) is 13.7. The summed E-state index contributed by atoms with van der Waals surface area (Å²) in [7, 11) is 1.60. The van der Waals surface area contributed by atoms with Crippen molar-refractivity contribution in [1.82, 2.24) is 9.78 Å². The lowest BCUT2D eigenvalue weighted by Crippen LogP contribution is -2.13. The highest BCUT2D eigenvalue weighted by molar-refractivity contribution is 8.02. The lowest BCUT2D eigenvalue weighted by atomic mass is 10.1. The first-order chi connectivity index (χ1) is 12.1. The molecule has 128 valence electrons. The Bertz CT molecular complexity index is 917. The first kappa shape index (κ1) is 17.8. The molecule has 0 aliphatic heterocycles. The molecule has 0 saturated carbocycles. The quantitative estimate of drug-likeness (QED) is 0.336. The van der Waals surface area contributed by atoms with Gasteiger partial charge in [-0.05, 0) is 55.5 Å². The molecule has 4 nitrogen and oxygen atoms in total. The highest BCUT2D eigenvalue weighted by Gasteiger charge is 2.19. The van der Waals surface area contributed by atoms with Crippen molar-refractivity contribution in [2.24, 2.45) is 0 Å². The molecule has 7 heteroatoms. The Morgan fingerprint density at radius 1 is 1.20 bits per heavy atom. The molecule has 1 aromatic heterocycles. The molecule has 0 bridgehead atoms. The fraction of sp³-hybridized carbons (Fsp3) is 0.167. The first-order valence-electron chi connectivity index (χ1n) is 7.59. The number of hydrogen-bond donors (Lipinski definition) is 0. The number of ether oxygens (including phenoxy) is 1. The van der Waals surface area contributed by atoms with Crippen molar-refractivity contribution < 1.29 is 9.53 Å². The van der Waals surface area contributed by atoms with Gasteiger partial charge >= 0.3 is 0 Å². The van der Waals surface area contributed by atoms with Crippen LogP contribution in [0, 0.1) is 3.95 Å². The van der Waals surface area contributed by atoms with Crippen LogP contribution in [0.2, 0.25) is 0 Å². The summed E-state index contributed by atoms with van der Waals surface area (Å²) in [6.45, 7) is 1.88. The number of carbonyl (C=O) groups is 1. The van der Waals surface area contributed by atoms with Gasteiger partial charge in [-0.3, -0.25) is 4.79 Å². The number of carbonyl (C=O) groups excluding carboxylic acids is 1. The highest BCUT2D eigenvalue weighted by Crippen LogP contribution is 2.29. The van der Waals surface area contributed by atoms with Crippen LogP contribution in [0.25, 0.3) is 5.69 Å². The smallest absolute Gasteiger partial charge is 0.184 e. The van der Waals surface area contributed by atoms with Crippen molar-refractivity contribution in [3.63, 3.8) is 0 Å². The molecule has 0 spiro atoms. The molecule has 0 N–H and O–H groups in total. The van der Waals surface area contributed by atoms with Crippen LogP contribution < -0.4 is 4.74 Å². The Kier molecular flexibility index (Phi) is 5.67. The summed E-state index contributed by atoms with van der Waals surface area (Å²) in [5.74, 6) is 0.788. The number of thioether (sulfide) groups is 1. The zero-order chi connectivity index (χ0) is 17.8. The average molecular weight is 389 g/mol. The van der Waals surface area contributed by atoms with Gasteiger partial charge in [0.15, 0.2) is 14.1 Å². The number of hydrogen-bond acceptors (Lipinski definition) is 6. The van der Waals surface area contributed by atoms with E-state index < -0.39 is 0 Å². The summed E-state index contributed by atoms with van der Waals surface area (Å²) >= 11 is 8.24. The molecule has 0 unspecified atom stereocenters. The SMILES string of the molecule is COc1ccc(C(=O)[C@H](C)Sc2nn(-c3ccccc3)c(=S)s2)cc1. The topological polar surface area (TPSA) is 44.1 Å². The van der Waals surface area contributed by atoms with Crippen molar-refractivity contribution in [3.8, 4) is 11.4 Å². The van der Waals surface area contributed by atoms with Crippen LogP contribution in [0.3, 0.4) is 0 Å². The van der Waals surface area contributed by atoms with Crippen LogP contribution in [0.4, 0.5) is 0 Å². The Hall–Kier alpha value is -1.96. The second kappa shape index (κ2) is 7.95. The van der Waals surface area contributed by atoms with E-state index in [1.54, 1.807) is 36.1 Å². The number of para-hydroxylation sites is 1. The maximum Gasteiger partial charge on any atom is 0.184 e. The standard InChI is InChI=1S/C18H16N2O2S3/c1-12(16(21)13-8-10-15(22-2)11-9-13)24-17-19-20(18(23)25-17)14-6-4-3-5-7-14/h3-12H,1-2H3/t12-/m0/s1. The third-order valence-electron chi connectivity index (χ3n) is 3.55. The van der Waals surface area contributed by atoms with Gasteiger partial charge in [0.25, 0.3) is 0 Å². The van der Waals surface area contributed by atoms with E-state index in [9.17, 15) is 4.79 Å². The molecule has 0 radical (unpaired) electrons. The number of rotatable bonds is 6. The van der Waals surface area contributed by atoms with Crippen LogP contribution >= 0.6 is 35.3 Å². The number of aromatic nitrogens is 2. The molecular formula is C18H16N2O2S3. The van der Waals surface area contributed by atoms with Crippen molar-refractivity contribution in [2.75, 3.05) is 7.11 Å². The van der Waals surface area contributed by atoms with E-state index >= 15 is 0 Å². The largest absolute Gasteiger partial charge is 0.497 e. The minimum atomic E-state index is -0.252. The third-order valence-corrected chi connectivity index (χ3v) is 5.97. The van der Waals surface area contributed by atoms with Gasteiger partial charge in [0, 0.05) is 5.56 Å². The van der Waals surface area contributed by atoms with Gasteiger partial charge < -0.3 is 4.74 Å². The van der Waals surface area contributed by atoms with Gasteiger partial charge in [0.1, 0.15) is 5.75 Å². The third kappa shape index (κ3) is 4.18. The van der Waals surface area contributed by atoms with E-state index in [0.717, 1.165) is 15.8 Å². The molecule has 3 rings (SSSR count). The summed E-state index contributed by atoms with van der Waals surface area (Å²) in [6.07, 6.45) is 0. The fourth-order valence-corrected chi connectivity index (χ4v) is 4.82. The van der Waals surface area contributed by atoms with Gasteiger partial charge in [0.2, 0.25) is 0 Å². The number of nitrogens with zero attached hydrogens (tertiary/aromatic N) is 2. The molecule has 25 heavy (non-hydrogen) atoms. The number of benzene rings is 2. The Morgan fingerprint density at radius 2 is 1.88 bits per heavy atom. The Labute approximate surface area is 159 Å². The highest BCUT2D eigenvalue weighted by atomic mass is 32.2. The minimum absolute atomic E-state index is 0.0556. The van der Waals surface area contributed by atoms with Crippen LogP contribution in [-0.2, 0) is 0 Å². The maximum atomic E-state index is 12.6. The Morgan fingerprint density at radius 3 is 2.52 bits per heavy atom. The summed E-state index contributed by atoms with van der Waals surface area (Å²) in [5.41, 5.74) is 1.58. The number of methoxy groups -OCH3 is 1. The second-order valence-corrected chi connectivity index (χ2v) is 8.44. The molecule has 1 heterocycles. The lowest BCUT2D eigenvalue weighted by Gasteiger charge is -2.08. The molecule has 3 aromatic rings. The zero-order valence-corrected chi connectivity index (χ0v) is 16.2. The summed E-state index contributed by atoms with van der Waals surface area (Å²) in [4.78, 5) is 12.6. The molecule has 0 fully saturated rings. The summed E-state index contributed by atoms with van der Waals surface area (Å²) in [6, 6.07) is 16.9.